The Morgan fingerprint density at radius 1 is 1.33 bits per heavy atom. The van der Waals surface area contributed by atoms with Gasteiger partial charge in [0.1, 0.15) is 5.75 Å². The zero-order chi connectivity index (χ0) is 13.8. The summed E-state index contributed by atoms with van der Waals surface area (Å²) in [6, 6.07) is 6.28. The molecule has 3 nitrogen and oxygen atoms in total. The molecule has 0 saturated carbocycles. The van der Waals surface area contributed by atoms with Crippen molar-refractivity contribution in [1.82, 2.24) is 0 Å². The molecule has 0 aliphatic heterocycles. The summed E-state index contributed by atoms with van der Waals surface area (Å²) in [6.45, 7) is 7.24. The molecule has 0 spiro atoms. The summed E-state index contributed by atoms with van der Waals surface area (Å²) in [5.74, 6) is 0.940. The maximum atomic E-state index is 5.99. The zero-order valence-corrected chi connectivity index (χ0v) is 12.3. The van der Waals surface area contributed by atoms with Crippen LogP contribution in [-0.2, 0) is 0 Å². The number of hydrogen-bond acceptors (Lipinski definition) is 3. The monoisotopic (exact) mass is 250 g/mol. The van der Waals surface area contributed by atoms with E-state index in [-0.39, 0.29) is 5.54 Å². The summed E-state index contributed by atoms with van der Waals surface area (Å²) in [5, 5.41) is 0. The van der Waals surface area contributed by atoms with Crippen molar-refractivity contribution in [3.63, 3.8) is 0 Å². The molecule has 0 fully saturated rings. The van der Waals surface area contributed by atoms with E-state index in [0.29, 0.717) is 0 Å². The molecule has 3 heteroatoms. The van der Waals surface area contributed by atoms with Crippen molar-refractivity contribution in [2.75, 3.05) is 25.6 Å². The highest BCUT2D eigenvalue weighted by atomic mass is 16.5. The minimum atomic E-state index is -0.0728. The maximum Gasteiger partial charge on any atom is 0.121 e. The first-order chi connectivity index (χ1) is 8.33. The van der Waals surface area contributed by atoms with Crippen LogP contribution >= 0.6 is 0 Å². The Bertz CT molecular complexity index is 383. The molecule has 0 unspecified atom stereocenters. The van der Waals surface area contributed by atoms with E-state index in [1.165, 1.54) is 11.3 Å². The topological polar surface area (TPSA) is 38.5 Å². The third kappa shape index (κ3) is 4.57. The van der Waals surface area contributed by atoms with Gasteiger partial charge in [-0.3, -0.25) is 0 Å². The van der Waals surface area contributed by atoms with Crippen LogP contribution in [0, 0.1) is 6.92 Å². The maximum absolute atomic E-state index is 5.99. The molecule has 102 valence electrons. The Morgan fingerprint density at radius 3 is 2.50 bits per heavy atom. The number of benzene rings is 1. The van der Waals surface area contributed by atoms with Crippen LogP contribution in [0.25, 0.3) is 0 Å². The van der Waals surface area contributed by atoms with Gasteiger partial charge >= 0.3 is 0 Å². The lowest BCUT2D eigenvalue weighted by molar-refractivity contribution is 0.411. The van der Waals surface area contributed by atoms with Crippen molar-refractivity contribution < 1.29 is 4.74 Å². The smallest absolute Gasteiger partial charge is 0.121 e. The Kier molecular flexibility index (Phi) is 5.03. The van der Waals surface area contributed by atoms with Crippen LogP contribution in [0.4, 0.5) is 5.69 Å². The van der Waals surface area contributed by atoms with Crippen molar-refractivity contribution in [3.05, 3.63) is 23.8 Å². The lowest BCUT2D eigenvalue weighted by Crippen LogP contribution is -2.33. The van der Waals surface area contributed by atoms with E-state index >= 15 is 0 Å². The predicted molar refractivity (Wildman–Crippen MR) is 78.5 cm³/mol. The molecule has 0 bridgehead atoms. The number of rotatable bonds is 6. The van der Waals surface area contributed by atoms with Crippen LogP contribution in [0.5, 0.6) is 5.75 Å². The number of hydrogen-bond donors (Lipinski definition) is 1. The van der Waals surface area contributed by atoms with Gasteiger partial charge in [-0.1, -0.05) is 0 Å². The predicted octanol–water partition coefficient (Wildman–Crippen LogP) is 2.96. The number of nitrogens with two attached hydrogens (primary N) is 1. The highest BCUT2D eigenvalue weighted by molar-refractivity contribution is 5.52. The minimum Gasteiger partial charge on any atom is -0.496 e. The van der Waals surface area contributed by atoms with Crippen LogP contribution in [-0.4, -0.2) is 26.2 Å². The van der Waals surface area contributed by atoms with Crippen LogP contribution in [0.1, 0.15) is 32.3 Å². The first kappa shape index (κ1) is 14.8. The van der Waals surface area contributed by atoms with Gasteiger partial charge < -0.3 is 15.4 Å². The first-order valence-corrected chi connectivity index (χ1v) is 6.48. The Labute approximate surface area is 111 Å². The molecule has 0 heterocycles. The van der Waals surface area contributed by atoms with Gasteiger partial charge in [0, 0.05) is 24.8 Å². The van der Waals surface area contributed by atoms with Crippen LogP contribution < -0.4 is 15.4 Å². The summed E-state index contributed by atoms with van der Waals surface area (Å²) in [4.78, 5) is 2.26. The van der Waals surface area contributed by atoms with Crippen LogP contribution in [0.2, 0.25) is 0 Å². The van der Waals surface area contributed by atoms with Crippen LogP contribution in [0.15, 0.2) is 18.2 Å². The molecule has 0 amide bonds. The highest BCUT2D eigenvalue weighted by Gasteiger charge is 2.11. The average molecular weight is 250 g/mol. The van der Waals surface area contributed by atoms with Gasteiger partial charge in [-0.05, 0) is 57.4 Å². The van der Waals surface area contributed by atoms with Gasteiger partial charge in [-0.15, -0.1) is 0 Å². The Morgan fingerprint density at radius 2 is 2.00 bits per heavy atom. The number of nitrogens with zero attached hydrogens (tertiary/aromatic N) is 1. The fourth-order valence-electron chi connectivity index (χ4n) is 2.00. The van der Waals surface area contributed by atoms with Crippen molar-refractivity contribution in [2.45, 2.75) is 39.2 Å². The molecule has 1 rings (SSSR count). The highest BCUT2D eigenvalue weighted by Crippen LogP contribution is 2.23. The molecule has 18 heavy (non-hydrogen) atoms. The van der Waals surface area contributed by atoms with Gasteiger partial charge in [-0.2, -0.15) is 0 Å². The molecule has 0 aromatic heterocycles. The normalized spacial score (nSPS) is 11.4. The molecule has 0 aliphatic rings. The zero-order valence-electron chi connectivity index (χ0n) is 12.3. The van der Waals surface area contributed by atoms with E-state index < -0.39 is 0 Å². The average Bonchev–Trinajstić information content (AvgIpc) is 2.27. The number of ether oxygens (including phenoxy) is 1. The third-order valence-electron chi connectivity index (χ3n) is 3.13. The molecular weight excluding hydrogens is 224 g/mol. The van der Waals surface area contributed by atoms with Gasteiger partial charge in [0.05, 0.1) is 7.11 Å². The largest absolute Gasteiger partial charge is 0.496 e. The second-order valence-corrected chi connectivity index (χ2v) is 5.67. The molecule has 0 aliphatic carbocycles. The summed E-state index contributed by atoms with van der Waals surface area (Å²) >= 11 is 0. The second kappa shape index (κ2) is 6.10. The van der Waals surface area contributed by atoms with Crippen molar-refractivity contribution in [3.8, 4) is 5.75 Å². The summed E-state index contributed by atoms with van der Waals surface area (Å²) in [7, 11) is 3.82. The molecule has 0 saturated heterocycles. The van der Waals surface area contributed by atoms with Gasteiger partial charge in [0.15, 0.2) is 0 Å². The lowest BCUT2D eigenvalue weighted by atomic mass is 10.00. The lowest BCUT2D eigenvalue weighted by Gasteiger charge is -2.23. The minimum absolute atomic E-state index is 0.0728. The fourth-order valence-corrected chi connectivity index (χ4v) is 2.00. The van der Waals surface area contributed by atoms with E-state index in [2.05, 4.69) is 44.9 Å². The molecule has 1 aromatic rings. The fraction of sp³-hybridized carbons (Fsp3) is 0.600. The van der Waals surface area contributed by atoms with E-state index in [4.69, 9.17) is 10.5 Å². The number of anilines is 1. The van der Waals surface area contributed by atoms with Crippen molar-refractivity contribution in [1.29, 1.82) is 0 Å². The van der Waals surface area contributed by atoms with Gasteiger partial charge in [0.2, 0.25) is 0 Å². The number of methoxy groups -OCH3 is 1. The third-order valence-corrected chi connectivity index (χ3v) is 3.13. The Balaban J connectivity index is 2.56. The SMILES string of the molecule is COc1ccc(N(C)CCCC(C)(C)N)cc1C. The van der Waals surface area contributed by atoms with Crippen LogP contribution in [0.3, 0.4) is 0 Å². The molecule has 1 aromatic carbocycles. The molecular formula is C15H26N2O. The molecule has 0 atom stereocenters. The van der Waals surface area contributed by atoms with Gasteiger partial charge in [0.25, 0.3) is 0 Å². The van der Waals surface area contributed by atoms with E-state index in [0.717, 1.165) is 25.1 Å². The Hall–Kier alpha value is -1.22. The second-order valence-electron chi connectivity index (χ2n) is 5.67. The van der Waals surface area contributed by atoms with Crippen molar-refractivity contribution >= 4 is 5.69 Å². The van der Waals surface area contributed by atoms with E-state index in [1.54, 1.807) is 7.11 Å². The van der Waals surface area contributed by atoms with E-state index in [9.17, 15) is 0 Å². The molecule has 0 radical (unpaired) electrons. The van der Waals surface area contributed by atoms with Gasteiger partial charge in [-0.25, -0.2) is 0 Å². The molecule has 2 N–H and O–H groups in total. The van der Waals surface area contributed by atoms with Crippen molar-refractivity contribution in [2.24, 2.45) is 5.73 Å². The first-order valence-electron chi connectivity index (χ1n) is 6.48. The summed E-state index contributed by atoms with van der Waals surface area (Å²) in [5.41, 5.74) is 8.31. The summed E-state index contributed by atoms with van der Waals surface area (Å²) in [6.07, 6.45) is 2.14. The summed E-state index contributed by atoms with van der Waals surface area (Å²) < 4.78 is 5.27. The standard InChI is InChI=1S/C15H26N2O/c1-12-11-13(7-8-14(12)18-5)17(4)10-6-9-15(2,3)16/h7-8,11H,6,9-10,16H2,1-5H3. The van der Waals surface area contributed by atoms with E-state index in [1.807, 2.05) is 6.07 Å². The quantitative estimate of drug-likeness (QED) is 0.843. The number of aryl methyl sites for hydroxylation is 1.